The van der Waals surface area contributed by atoms with Crippen molar-refractivity contribution in [2.24, 2.45) is 0 Å². The summed E-state index contributed by atoms with van der Waals surface area (Å²) < 4.78 is 5.01. The Hall–Kier alpha value is -0.730. The van der Waals surface area contributed by atoms with Crippen molar-refractivity contribution < 1.29 is 9.84 Å². The second kappa shape index (κ2) is 3.78. The normalized spacial score (nSPS) is 10.0. The lowest BCUT2D eigenvalue weighted by atomic mass is 10.1. The van der Waals surface area contributed by atoms with E-state index in [4.69, 9.17) is 21.4 Å². The molecule has 0 saturated carbocycles. The number of aryl methyl sites for hydroxylation is 1. The molecule has 0 atom stereocenters. The third kappa shape index (κ3) is 1.71. The van der Waals surface area contributed by atoms with E-state index in [1.54, 1.807) is 13.2 Å². The van der Waals surface area contributed by atoms with Gasteiger partial charge < -0.3 is 9.84 Å². The maximum absolute atomic E-state index is 8.91. The van der Waals surface area contributed by atoms with E-state index in [-0.39, 0.29) is 6.61 Å². The molecule has 2 nitrogen and oxygen atoms in total. The molecule has 1 aromatic rings. The SMILES string of the molecule is COc1cc(C)c(CO)cc1Cl. The highest BCUT2D eigenvalue weighted by Gasteiger charge is 2.04. The van der Waals surface area contributed by atoms with Gasteiger partial charge in [0, 0.05) is 0 Å². The highest BCUT2D eigenvalue weighted by molar-refractivity contribution is 6.32. The van der Waals surface area contributed by atoms with Gasteiger partial charge in [0.2, 0.25) is 0 Å². The summed E-state index contributed by atoms with van der Waals surface area (Å²) in [5.41, 5.74) is 1.82. The van der Waals surface area contributed by atoms with Crippen LogP contribution in [0.2, 0.25) is 5.02 Å². The summed E-state index contributed by atoms with van der Waals surface area (Å²) in [5, 5.41) is 9.44. The minimum atomic E-state index is 0.00947. The summed E-state index contributed by atoms with van der Waals surface area (Å²) in [6, 6.07) is 3.53. The van der Waals surface area contributed by atoms with E-state index < -0.39 is 0 Å². The molecule has 0 aliphatic carbocycles. The third-order valence-electron chi connectivity index (χ3n) is 1.78. The van der Waals surface area contributed by atoms with Gasteiger partial charge in [-0.15, -0.1) is 0 Å². The monoisotopic (exact) mass is 186 g/mol. The van der Waals surface area contributed by atoms with Crippen molar-refractivity contribution in [3.05, 3.63) is 28.3 Å². The van der Waals surface area contributed by atoms with Crippen molar-refractivity contribution >= 4 is 11.6 Å². The number of halogens is 1. The quantitative estimate of drug-likeness (QED) is 0.767. The van der Waals surface area contributed by atoms with Gasteiger partial charge in [-0.1, -0.05) is 11.6 Å². The second-order valence-electron chi connectivity index (χ2n) is 2.57. The molecule has 0 heterocycles. The minimum Gasteiger partial charge on any atom is -0.495 e. The van der Waals surface area contributed by atoms with E-state index in [1.165, 1.54) is 0 Å². The molecule has 3 heteroatoms. The van der Waals surface area contributed by atoms with Gasteiger partial charge in [0.15, 0.2) is 0 Å². The summed E-state index contributed by atoms with van der Waals surface area (Å²) >= 11 is 5.84. The van der Waals surface area contributed by atoms with E-state index in [1.807, 2.05) is 13.0 Å². The van der Waals surface area contributed by atoms with Gasteiger partial charge in [-0.25, -0.2) is 0 Å². The van der Waals surface area contributed by atoms with Crippen LogP contribution in [0, 0.1) is 6.92 Å². The molecule has 0 amide bonds. The maximum Gasteiger partial charge on any atom is 0.137 e. The minimum absolute atomic E-state index is 0.00947. The van der Waals surface area contributed by atoms with Crippen molar-refractivity contribution in [1.82, 2.24) is 0 Å². The maximum atomic E-state index is 8.91. The Balaban J connectivity index is 3.16. The first-order valence-electron chi connectivity index (χ1n) is 3.63. The van der Waals surface area contributed by atoms with E-state index >= 15 is 0 Å². The third-order valence-corrected chi connectivity index (χ3v) is 2.08. The fourth-order valence-electron chi connectivity index (χ4n) is 1.02. The molecule has 0 aliphatic heterocycles. The van der Waals surface area contributed by atoms with Crippen LogP contribution in [0.15, 0.2) is 12.1 Å². The number of hydrogen-bond acceptors (Lipinski definition) is 2. The first kappa shape index (κ1) is 9.36. The lowest BCUT2D eigenvalue weighted by Crippen LogP contribution is -1.91. The van der Waals surface area contributed by atoms with Crippen molar-refractivity contribution in [3.8, 4) is 5.75 Å². The number of hydrogen-bond donors (Lipinski definition) is 1. The zero-order valence-electron chi connectivity index (χ0n) is 7.10. The van der Waals surface area contributed by atoms with E-state index in [9.17, 15) is 0 Å². The molecule has 0 fully saturated rings. The van der Waals surface area contributed by atoms with Crippen LogP contribution in [0.4, 0.5) is 0 Å². The van der Waals surface area contributed by atoms with Gasteiger partial charge in [-0.05, 0) is 30.2 Å². The predicted molar refractivity (Wildman–Crippen MR) is 48.7 cm³/mol. The van der Waals surface area contributed by atoms with E-state index in [2.05, 4.69) is 0 Å². The van der Waals surface area contributed by atoms with Gasteiger partial charge in [0.05, 0.1) is 18.7 Å². The zero-order chi connectivity index (χ0) is 9.14. The zero-order valence-corrected chi connectivity index (χ0v) is 7.85. The number of methoxy groups -OCH3 is 1. The Morgan fingerprint density at radius 2 is 2.17 bits per heavy atom. The molecule has 0 aliphatic rings. The average molecular weight is 187 g/mol. The smallest absolute Gasteiger partial charge is 0.137 e. The van der Waals surface area contributed by atoms with Crippen LogP contribution in [-0.4, -0.2) is 12.2 Å². The molecule has 1 aromatic carbocycles. The Bertz CT molecular complexity index is 254. The van der Waals surface area contributed by atoms with Crippen LogP contribution in [0.5, 0.6) is 5.75 Å². The van der Waals surface area contributed by atoms with Crippen LogP contribution < -0.4 is 4.74 Å². The number of ether oxygens (including phenoxy) is 1. The van der Waals surface area contributed by atoms with E-state index in [0.29, 0.717) is 10.8 Å². The molecular weight excluding hydrogens is 176 g/mol. The molecular formula is C9H11ClO2. The Morgan fingerprint density at radius 1 is 1.50 bits per heavy atom. The largest absolute Gasteiger partial charge is 0.495 e. The summed E-state index contributed by atoms with van der Waals surface area (Å²) in [6.45, 7) is 1.92. The van der Waals surface area contributed by atoms with Gasteiger partial charge in [-0.2, -0.15) is 0 Å². The number of aliphatic hydroxyl groups excluding tert-OH is 1. The van der Waals surface area contributed by atoms with E-state index in [0.717, 1.165) is 11.1 Å². The van der Waals surface area contributed by atoms with Crippen LogP contribution >= 0.6 is 11.6 Å². The molecule has 0 saturated heterocycles. The highest BCUT2D eigenvalue weighted by Crippen LogP contribution is 2.27. The summed E-state index contributed by atoms with van der Waals surface area (Å²) in [6.07, 6.45) is 0. The lowest BCUT2D eigenvalue weighted by Gasteiger charge is -2.07. The molecule has 0 unspecified atom stereocenters. The Kier molecular flexibility index (Phi) is 2.95. The van der Waals surface area contributed by atoms with Crippen molar-refractivity contribution in [3.63, 3.8) is 0 Å². The van der Waals surface area contributed by atoms with Crippen LogP contribution in [0.1, 0.15) is 11.1 Å². The molecule has 1 N–H and O–H groups in total. The van der Waals surface area contributed by atoms with Crippen LogP contribution in [0.3, 0.4) is 0 Å². The highest BCUT2D eigenvalue weighted by atomic mass is 35.5. The molecule has 12 heavy (non-hydrogen) atoms. The lowest BCUT2D eigenvalue weighted by molar-refractivity contribution is 0.281. The van der Waals surface area contributed by atoms with Crippen molar-refractivity contribution in [2.75, 3.05) is 7.11 Å². The fourth-order valence-corrected chi connectivity index (χ4v) is 1.29. The number of benzene rings is 1. The van der Waals surface area contributed by atoms with Gasteiger partial charge >= 0.3 is 0 Å². The van der Waals surface area contributed by atoms with Crippen LogP contribution in [-0.2, 0) is 6.61 Å². The van der Waals surface area contributed by atoms with Crippen molar-refractivity contribution in [1.29, 1.82) is 0 Å². The Labute approximate surface area is 76.7 Å². The van der Waals surface area contributed by atoms with Gasteiger partial charge in [0.1, 0.15) is 5.75 Å². The first-order valence-corrected chi connectivity index (χ1v) is 4.00. The molecule has 0 bridgehead atoms. The molecule has 0 aromatic heterocycles. The summed E-state index contributed by atoms with van der Waals surface area (Å²) in [7, 11) is 1.57. The van der Waals surface area contributed by atoms with Crippen LogP contribution in [0.25, 0.3) is 0 Å². The van der Waals surface area contributed by atoms with Crippen molar-refractivity contribution in [2.45, 2.75) is 13.5 Å². The fraction of sp³-hybridized carbons (Fsp3) is 0.333. The Morgan fingerprint density at radius 3 is 2.67 bits per heavy atom. The summed E-state index contributed by atoms with van der Waals surface area (Å²) in [4.78, 5) is 0. The molecule has 66 valence electrons. The number of rotatable bonds is 2. The number of aliphatic hydroxyl groups is 1. The summed E-state index contributed by atoms with van der Waals surface area (Å²) in [5.74, 6) is 0.645. The second-order valence-corrected chi connectivity index (χ2v) is 2.98. The molecule has 1 rings (SSSR count). The molecule has 0 spiro atoms. The topological polar surface area (TPSA) is 29.5 Å². The molecule has 0 radical (unpaired) electrons. The average Bonchev–Trinajstić information content (AvgIpc) is 2.08. The predicted octanol–water partition coefficient (Wildman–Crippen LogP) is 2.15. The van der Waals surface area contributed by atoms with Gasteiger partial charge in [-0.3, -0.25) is 0 Å². The first-order chi connectivity index (χ1) is 5.69. The standard InChI is InChI=1S/C9H11ClO2/c1-6-3-9(12-2)8(10)4-7(6)5-11/h3-4,11H,5H2,1-2H3. The van der Waals surface area contributed by atoms with Gasteiger partial charge in [0.25, 0.3) is 0 Å².